The van der Waals surface area contributed by atoms with E-state index in [1.54, 1.807) is 0 Å². The van der Waals surface area contributed by atoms with Crippen molar-refractivity contribution < 1.29 is 138 Å². The van der Waals surface area contributed by atoms with E-state index in [0.717, 1.165) is 291 Å². The monoisotopic (exact) mass is 2020 g/mol. The molecule has 0 spiro atoms. The van der Waals surface area contributed by atoms with Crippen LogP contribution < -0.4 is 18.9 Å². The number of hydrogen-bond acceptors (Lipinski definition) is 24. The average molecular weight is 2020 g/mol. The van der Waals surface area contributed by atoms with Crippen LogP contribution in [0.3, 0.4) is 0 Å². The third-order valence-corrected chi connectivity index (χ3v) is 34.9. The number of rotatable bonds is 51. The van der Waals surface area contributed by atoms with Crippen LogP contribution in [-0.4, -0.2) is 208 Å². The zero-order chi connectivity index (χ0) is 103. The van der Waals surface area contributed by atoms with Gasteiger partial charge in [-0.3, -0.25) is 14.4 Å². The SMILES string of the molecule is CCCCC[C@H](O)CC[C@@H]1[C@H]2Cc3cccc(OCC(=O)OC4(C(=O)O)CC4)c3C[C@H]2C[C@H]1O.CCCCC[C@H](O)CC[C@@H]1[C@H]2Cc3cccc(OCC(=O)OC4(CC(=O)O)CC4)c3C[C@H]2C[C@H]1O.CCCCC[C@H](O)CC[C@@H]1[C@H]2Cc3cccc(OCC(=O)OC4CCC(CC(=O)O)CC4)c3C[C@H]2C[C@H]1O.CCCCC[C@H](O)CC[C@@H]1[C@H]2Cc3cccc(OCC(=O)OCC4CCC(C(=O)O)CC4)c3C[C@H]2C[C@H]1O. The van der Waals surface area contributed by atoms with Gasteiger partial charge in [0.1, 0.15) is 34.7 Å². The Morgan fingerprint density at radius 1 is 0.359 bits per heavy atom. The van der Waals surface area contributed by atoms with Gasteiger partial charge in [-0.25, -0.2) is 24.0 Å². The molecule has 28 heteroatoms. The van der Waals surface area contributed by atoms with Gasteiger partial charge in [0.25, 0.3) is 0 Å². The van der Waals surface area contributed by atoms with E-state index in [0.29, 0.717) is 117 Å². The molecule has 20 atom stereocenters. The first-order valence-corrected chi connectivity index (χ1v) is 55.9. The van der Waals surface area contributed by atoms with Crippen molar-refractivity contribution in [3.63, 3.8) is 0 Å². The highest BCUT2D eigenvalue weighted by molar-refractivity contribution is 5.85. The normalized spacial score (nSPS) is 28.2. The van der Waals surface area contributed by atoms with Crippen molar-refractivity contribution in [2.75, 3.05) is 33.0 Å². The van der Waals surface area contributed by atoms with Gasteiger partial charge in [-0.15, -0.1) is 0 Å². The van der Waals surface area contributed by atoms with Gasteiger partial charge in [0.05, 0.1) is 67.8 Å². The van der Waals surface area contributed by atoms with E-state index >= 15 is 0 Å². The summed E-state index contributed by atoms with van der Waals surface area (Å²) in [6.07, 6.45) is 38.1. The summed E-state index contributed by atoms with van der Waals surface area (Å²) in [6.45, 7) is 8.14. The van der Waals surface area contributed by atoms with Crippen LogP contribution in [0.4, 0.5) is 0 Å². The molecule has 4 aromatic rings. The second-order valence-electron chi connectivity index (χ2n) is 45.3. The molecule has 0 aliphatic heterocycles. The molecule has 12 N–H and O–H groups in total. The van der Waals surface area contributed by atoms with E-state index in [-0.39, 0.29) is 142 Å². The van der Waals surface area contributed by atoms with Gasteiger partial charge in [-0.1, -0.05) is 153 Å². The third-order valence-electron chi connectivity index (χ3n) is 34.9. The highest BCUT2D eigenvalue weighted by atomic mass is 16.6. The molecular formula is C117H170O28. The van der Waals surface area contributed by atoms with Crippen LogP contribution in [0.2, 0.25) is 0 Å². The maximum Gasteiger partial charge on any atom is 0.348 e. The first-order valence-electron chi connectivity index (χ1n) is 55.9. The number of aliphatic carboxylic acids is 4. The standard InChI is InChI=1S/2C31H46O7.C28H40O7.C27H38O7/c1-2-3-4-7-23(32)11-14-25-26-16-21-6-5-8-29(27(21)17-22(26)18-28(25)33)37-19-31(36)38-24-12-9-20(10-13-24)15-30(34)35;1-2-3-4-7-24(32)13-14-25-26-15-22-6-5-8-29(27(22)16-23(26)17-28(25)33)37-19-30(34)38-18-20-9-11-21(12-10-20)31(35)36;1-2-3-4-7-20(29)9-10-21-22-13-18-6-5-8-25(23(18)14-19(22)15-24(21)30)34-17-27(33)35-28(11-12-28)16-26(31)32;1-2-3-4-7-19(28)9-10-20-21-13-17-6-5-8-24(22(17)14-18(21)15-23(20)29)33-16-25(30)34-27(11-12-27)26(31)32/h5-6,8,20,22-26,28,32-33H,2-4,7,9-19H2,1H3,(H,34,35);5-6,8,20-21,23-26,28,32-33H,2-4,7,9-19H2,1H3,(H,35,36);5-6,8,19-22,24,29-30H,2-4,7,9-17H2,1H3,(H,31,32);5-6,8,18-21,23,28-29H,2-4,7,9-16H2,1H3,(H,31,32)/t20?,22-,23-,24?,25+,26-,28+;20?,21?,23-,24-,25+,26-,28+;19-,20-,21+,22-,24+;18-,19-,20+,21-,23+/m0000/s1. The van der Waals surface area contributed by atoms with E-state index in [2.05, 4.69) is 52.0 Å². The maximum atomic E-state index is 12.5. The molecule has 0 saturated heterocycles. The van der Waals surface area contributed by atoms with Gasteiger partial charge in [0, 0.05) is 19.3 Å². The number of aliphatic hydroxyl groups is 8. The Morgan fingerprint density at radius 3 is 0.986 bits per heavy atom. The zero-order valence-corrected chi connectivity index (χ0v) is 86.6. The highest BCUT2D eigenvalue weighted by Crippen LogP contribution is 2.55. The summed E-state index contributed by atoms with van der Waals surface area (Å²) < 4.78 is 45.1. The van der Waals surface area contributed by atoms with Crippen molar-refractivity contribution in [1.29, 1.82) is 0 Å². The fourth-order valence-corrected chi connectivity index (χ4v) is 26.4. The number of carbonyl (C=O) groups is 8. The van der Waals surface area contributed by atoms with Gasteiger partial charge in [-0.2, -0.15) is 0 Å². The summed E-state index contributed by atoms with van der Waals surface area (Å²) in [5.41, 5.74) is 7.08. The fraction of sp³-hybridized carbons (Fsp3) is 0.726. The predicted molar refractivity (Wildman–Crippen MR) is 543 cm³/mol. The second-order valence-corrected chi connectivity index (χ2v) is 45.3. The number of benzene rings is 4. The van der Waals surface area contributed by atoms with Gasteiger partial charge in [-0.05, 0) is 370 Å². The first-order chi connectivity index (χ1) is 69.8. The lowest BCUT2D eigenvalue weighted by Gasteiger charge is -2.32. The minimum Gasteiger partial charge on any atom is -0.482 e. The fourth-order valence-electron chi connectivity index (χ4n) is 26.4. The third kappa shape index (κ3) is 32.8. The maximum absolute atomic E-state index is 12.5. The lowest BCUT2D eigenvalue weighted by atomic mass is 9.73. The number of esters is 4. The van der Waals surface area contributed by atoms with Crippen molar-refractivity contribution in [3.8, 4) is 23.0 Å². The number of ether oxygens (including phenoxy) is 8. The molecule has 0 aromatic heterocycles. The topological polar surface area (TPSA) is 453 Å². The summed E-state index contributed by atoms with van der Waals surface area (Å²) in [6, 6.07) is 23.8. The minimum absolute atomic E-state index is 0.138. The van der Waals surface area contributed by atoms with Gasteiger partial charge < -0.3 is 99.2 Å². The van der Waals surface area contributed by atoms with Gasteiger partial charge >= 0.3 is 47.8 Å². The number of aliphatic hydroxyl groups excluding tert-OH is 8. The van der Waals surface area contributed by atoms with Crippen LogP contribution in [0.25, 0.3) is 0 Å². The first kappa shape index (κ1) is 114. The van der Waals surface area contributed by atoms with Crippen LogP contribution >= 0.6 is 0 Å². The van der Waals surface area contributed by atoms with Crippen molar-refractivity contribution in [2.24, 2.45) is 88.8 Å². The molecule has 0 heterocycles. The van der Waals surface area contributed by atoms with Crippen LogP contribution in [0.5, 0.6) is 23.0 Å². The second kappa shape index (κ2) is 55.3. The summed E-state index contributed by atoms with van der Waals surface area (Å²) in [5, 5.41) is 121. The lowest BCUT2D eigenvalue weighted by Crippen LogP contribution is -2.31. The summed E-state index contributed by atoms with van der Waals surface area (Å²) in [5.74, 6) is 1.26. The summed E-state index contributed by atoms with van der Waals surface area (Å²) in [4.78, 5) is 93.6. The number of fused-ring (bicyclic) bond motifs is 8. The van der Waals surface area contributed by atoms with Crippen LogP contribution in [0.1, 0.15) is 342 Å². The molecule has 16 rings (SSSR count). The Balaban J connectivity index is 0.000000162. The smallest absolute Gasteiger partial charge is 0.348 e. The Kier molecular flexibility index (Phi) is 43.4. The molecule has 145 heavy (non-hydrogen) atoms. The summed E-state index contributed by atoms with van der Waals surface area (Å²) in [7, 11) is 0. The number of carboxylic acid groups (broad SMARTS) is 4. The largest absolute Gasteiger partial charge is 0.482 e. The molecule has 12 aliphatic rings. The summed E-state index contributed by atoms with van der Waals surface area (Å²) >= 11 is 0. The number of carbonyl (C=O) groups excluding carboxylic acids is 4. The molecule has 8 fully saturated rings. The van der Waals surface area contributed by atoms with E-state index in [1.165, 1.54) is 22.3 Å². The zero-order valence-electron chi connectivity index (χ0n) is 86.6. The van der Waals surface area contributed by atoms with Crippen LogP contribution in [0, 0.1) is 88.8 Å². The van der Waals surface area contributed by atoms with Gasteiger partial charge in [0.2, 0.25) is 5.60 Å². The number of carboxylic acids is 4. The van der Waals surface area contributed by atoms with E-state index in [1.807, 2.05) is 48.5 Å². The Hall–Kier alpha value is -8.48. The molecule has 8 saturated carbocycles. The highest BCUT2D eigenvalue weighted by Gasteiger charge is 2.56. The Labute approximate surface area is 857 Å². The van der Waals surface area contributed by atoms with Crippen molar-refractivity contribution in [3.05, 3.63) is 117 Å². The molecule has 0 amide bonds. The molecule has 0 unspecified atom stereocenters. The van der Waals surface area contributed by atoms with Crippen molar-refractivity contribution >= 4 is 47.8 Å². The molecule has 28 nitrogen and oxygen atoms in total. The quantitative estimate of drug-likeness (QED) is 0.0111. The lowest BCUT2D eigenvalue weighted by molar-refractivity contribution is -0.168. The van der Waals surface area contributed by atoms with Crippen LogP contribution in [0.15, 0.2) is 72.8 Å². The number of hydrogen-bond donors (Lipinski definition) is 12. The van der Waals surface area contributed by atoms with Crippen LogP contribution in [-0.2, 0) is 109 Å². The van der Waals surface area contributed by atoms with E-state index in [4.69, 9.17) is 53.2 Å². The van der Waals surface area contributed by atoms with Gasteiger partial charge in [0.15, 0.2) is 26.4 Å². The van der Waals surface area contributed by atoms with Crippen molar-refractivity contribution in [1.82, 2.24) is 0 Å². The minimum atomic E-state index is -1.36. The molecule has 806 valence electrons. The molecular weight excluding hydrogens is 1850 g/mol. The van der Waals surface area contributed by atoms with E-state index in [9.17, 15) is 84.3 Å². The average Bonchev–Trinajstić information content (AvgIpc) is 1.64. The molecule has 0 radical (unpaired) electrons. The predicted octanol–water partition coefficient (Wildman–Crippen LogP) is 17.7. The van der Waals surface area contributed by atoms with E-state index < -0.39 is 53.0 Å². The number of unbranched alkanes of at least 4 members (excludes halogenated alkanes) is 8. The van der Waals surface area contributed by atoms with Crippen molar-refractivity contribution in [2.45, 2.75) is 415 Å². The molecule has 12 aliphatic carbocycles. The Morgan fingerprint density at radius 2 is 0.683 bits per heavy atom. The molecule has 0 bridgehead atoms. The molecule has 4 aromatic carbocycles. The Bertz CT molecular complexity index is 4790.